The van der Waals surface area contributed by atoms with E-state index in [2.05, 4.69) is 48.5 Å². The minimum atomic E-state index is 1.18. The first-order valence-electron chi connectivity index (χ1n) is 9.06. The monoisotopic (exact) mass is 304 g/mol. The summed E-state index contributed by atoms with van der Waals surface area (Å²) in [5.41, 5.74) is 6.23. The summed E-state index contributed by atoms with van der Waals surface area (Å²) in [5.74, 6) is 0. The average molecular weight is 304 g/mol. The molecule has 5 aromatic carbocycles. The molecule has 0 radical (unpaired) electrons. The fraction of sp³-hybridized carbons (Fsp3) is 0.167. The molecule has 0 aliphatic heterocycles. The maximum Gasteiger partial charge on any atom is -0.00174 e. The van der Waals surface area contributed by atoms with Crippen LogP contribution in [-0.2, 0) is 25.7 Å². The molecular weight excluding hydrogens is 288 g/mol. The van der Waals surface area contributed by atoms with Crippen LogP contribution in [0.15, 0.2) is 48.5 Å². The Balaban J connectivity index is 2.03. The van der Waals surface area contributed by atoms with Crippen LogP contribution in [0, 0.1) is 0 Å². The summed E-state index contributed by atoms with van der Waals surface area (Å²) in [6, 6.07) is 18.9. The van der Waals surface area contributed by atoms with Gasteiger partial charge in [-0.3, -0.25) is 0 Å². The van der Waals surface area contributed by atoms with E-state index < -0.39 is 0 Å². The smallest absolute Gasteiger partial charge is 0.00174 e. The minimum Gasteiger partial charge on any atom is -0.0581 e. The molecule has 0 N–H and O–H groups in total. The molecule has 0 aromatic heterocycles. The Kier molecular flexibility index (Phi) is 1.84. The molecule has 0 nitrogen and oxygen atoms in total. The lowest BCUT2D eigenvalue weighted by molar-refractivity contribution is 0.949. The second-order valence-electron chi connectivity index (χ2n) is 7.59. The SMILES string of the molecule is c1cc2c3c4c1CCc1ccc5ccc6ccc(c3c6c5c14)CC2. The highest BCUT2D eigenvalue weighted by molar-refractivity contribution is 6.36. The Morgan fingerprint density at radius 2 is 0.625 bits per heavy atom. The molecule has 0 heterocycles. The largest absolute Gasteiger partial charge is 0.0581 e. The number of hydrogen-bond donors (Lipinski definition) is 0. The van der Waals surface area contributed by atoms with Gasteiger partial charge in [-0.05, 0) is 91.0 Å². The fourth-order valence-electron chi connectivity index (χ4n) is 5.52. The summed E-state index contributed by atoms with van der Waals surface area (Å²) in [4.78, 5) is 0. The Labute approximate surface area is 140 Å². The molecule has 0 spiro atoms. The Morgan fingerprint density at radius 3 is 1.04 bits per heavy atom. The van der Waals surface area contributed by atoms with Crippen molar-refractivity contribution in [1.82, 2.24) is 0 Å². The highest BCUT2D eigenvalue weighted by atomic mass is 14.3. The third-order valence-electron chi connectivity index (χ3n) is 6.55. The molecule has 7 rings (SSSR count). The topological polar surface area (TPSA) is 0 Å². The van der Waals surface area contributed by atoms with Crippen molar-refractivity contribution in [3.05, 3.63) is 70.8 Å². The molecule has 0 bridgehead atoms. The van der Waals surface area contributed by atoms with E-state index in [1.807, 2.05) is 0 Å². The summed E-state index contributed by atoms with van der Waals surface area (Å²) >= 11 is 0. The summed E-state index contributed by atoms with van der Waals surface area (Å²) in [7, 11) is 0. The molecule has 0 heteroatoms. The van der Waals surface area contributed by atoms with Crippen LogP contribution in [0.3, 0.4) is 0 Å². The van der Waals surface area contributed by atoms with Crippen molar-refractivity contribution < 1.29 is 0 Å². The van der Waals surface area contributed by atoms with Crippen LogP contribution < -0.4 is 0 Å². The van der Waals surface area contributed by atoms with Gasteiger partial charge in [0.1, 0.15) is 0 Å². The van der Waals surface area contributed by atoms with Gasteiger partial charge in [0.2, 0.25) is 0 Å². The Bertz CT molecular complexity index is 1230. The summed E-state index contributed by atoms with van der Waals surface area (Å²) in [5, 5.41) is 12.1. The molecule has 0 saturated heterocycles. The second kappa shape index (κ2) is 3.72. The molecular formula is C24H16. The van der Waals surface area contributed by atoms with Crippen LogP contribution in [0.25, 0.3) is 43.1 Å². The second-order valence-corrected chi connectivity index (χ2v) is 7.59. The van der Waals surface area contributed by atoms with Gasteiger partial charge in [0.25, 0.3) is 0 Å². The van der Waals surface area contributed by atoms with Crippen LogP contribution >= 0.6 is 0 Å². The van der Waals surface area contributed by atoms with Gasteiger partial charge in [-0.2, -0.15) is 0 Å². The predicted molar refractivity (Wildman–Crippen MR) is 102 cm³/mol. The van der Waals surface area contributed by atoms with E-state index in [9.17, 15) is 0 Å². The molecule has 0 amide bonds. The summed E-state index contributed by atoms with van der Waals surface area (Å²) < 4.78 is 0. The third kappa shape index (κ3) is 1.16. The average Bonchev–Trinajstić information content (AvgIpc) is 2.65. The lowest BCUT2D eigenvalue weighted by Crippen LogP contribution is -2.08. The van der Waals surface area contributed by atoms with Gasteiger partial charge in [-0.1, -0.05) is 48.5 Å². The summed E-state index contributed by atoms with van der Waals surface area (Å²) in [6.07, 6.45) is 4.74. The number of benzene rings is 5. The lowest BCUT2D eigenvalue weighted by Gasteiger charge is -2.27. The lowest BCUT2D eigenvalue weighted by atomic mass is 9.76. The van der Waals surface area contributed by atoms with E-state index in [1.165, 1.54) is 47.2 Å². The van der Waals surface area contributed by atoms with Gasteiger partial charge in [0, 0.05) is 0 Å². The maximum atomic E-state index is 2.41. The van der Waals surface area contributed by atoms with Gasteiger partial charge in [-0.25, -0.2) is 0 Å². The van der Waals surface area contributed by atoms with Crippen molar-refractivity contribution in [3.63, 3.8) is 0 Å². The minimum absolute atomic E-state index is 1.18. The van der Waals surface area contributed by atoms with Crippen molar-refractivity contribution in [2.24, 2.45) is 0 Å². The maximum absolute atomic E-state index is 2.41. The first-order chi connectivity index (χ1) is 11.9. The standard InChI is InChI=1S/C24H16/c1-2-14-5-6-16-9-11-18-12-10-17-8-7-15-4-3-13(1)19-20(14)22(16)24(18)23(17)21(15)19/h1-6,10,12H,7-9,11H2. The van der Waals surface area contributed by atoms with Crippen molar-refractivity contribution in [2.45, 2.75) is 25.7 Å². The molecule has 0 atom stereocenters. The van der Waals surface area contributed by atoms with Gasteiger partial charge in [0.15, 0.2) is 0 Å². The van der Waals surface area contributed by atoms with Crippen molar-refractivity contribution in [3.8, 4) is 0 Å². The van der Waals surface area contributed by atoms with E-state index in [-0.39, 0.29) is 0 Å². The predicted octanol–water partition coefficient (Wildman–Crippen LogP) is 5.93. The molecule has 0 saturated carbocycles. The van der Waals surface area contributed by atoms with Gasteiger partial charge in [0.05, 0.1) is 0 Å². The van der Waals surface area contributed by atoms with E-state index >= 15 is 0 Å². The van der Waals surface area contributed by atoms with Crippen LogP contribution in [-0.4, -0.2) is 0 Å². The zero-order chi connectivity index (χ0) is 15.4. The van der Waals surface area contributed by atoms with E-state index in [4.69, 9.17) is 0 Å². The van der Waals surface area contributed by atoms with E-state index in [0.29, 0.717) is 0 Å². The Hall–Kier alpha value is -2.60. The zero-order valence-corrected chi connectivity index (χ0v) is 13.4. The van der Waals surface area contributed by atoms with Gasteiger partial charge < -0.3 is 0 Å². The summed E-state index contributed by atoms with van der Waals surface area (Å²) in [6.45, 7) is 0. The van der Waals surface area contributed by atoms with Crippen molar-refractivity contribution in [2.75, 3.05) is 0 Å². The molecule has 112 valence electrons. The Morgan fingerprint density at radius 1 is 0.333 bits per heavy atom. The first kappa shape index (κ1) is 11.9. The highest BCUT2D eigenvalue weighted by Gasteiger charge is 2.25. The van der Waals surface area contributed by atoms with E-state index in [1.54, 1.807) is 43.8 Å². The molecule has 0 fully saturated rings. The van der Waals surface area contributed by atoms with Crippen molar-refractivity contribution >= 4 is 43.1 Å². The quantitative estimate of drug-likeness (QED) is 0.245. The molecule has 2 aliphatic carbocycles. The highest BCUT2D eigenvalue weighted by Crippen LogP contribution is 2.48. The number of rotatable bonds is 0. The normalized spacial score (nSPS) is 15.7. The number of aryl methyl sites for hydroxylation is 4. The van der Waals surface area contributed by atoms with E-state index in [0.717, 1.165) is 0 Å². The van der Waals surface area contributed by atoms with Gasteiger partial charge >= 0.3 is 0 Å². The van der Waals surface area contributed by atoms with Crippen LogP contribution in [0.5, 0.6) is 0 Å². The van der Waals surface area contributed by atoms with Crippen molar-refractivity contribution in [1.29, 1.82) is 0 Å². The molecule has 24 heavy (non-hydrogen) atoms. The van der Waals surface area contributed by atoms with Crippen LogP contribution in [0.2, 0.25) is 0 Å². The van der Waals surface area contributed by atoms with Crippen LogP contribution in [0.4, 0.5) is 0 Å². The first-order valence-corrected chi connectivity index (χ1v) is 9.06. The fourth-order valence-corrected chi connectivity index (χ4v) is 5.52. The zero-order valence-electron chi connectivity index (χ0n) is 13.4. The van der Waals surface area contributed by atoms with Crippen LogP contribution in [0.1, 0.15) is 22.3 Å². The number of hydrogen-bond acceptors (Lipinski definition) is 0. The third-order valence-corrected chi connectivity index (χ3v) is 6.55. The molecule has 2 aliphatic rings. The molecule has 0 unspecified atom stereocenters. The van der Waals surface area contributed by atoms with Gasteiger partial charge in [-0.15, -0.1) is 0 Å². The molecule has 5 aromatic rings.